The first-order chi connectivity index (χ1) is 17.7. The van der Waals surface area contributed by atoms with E-state index in [0.717, 1.165) is 5.06 Å². The van der Waals surface area contributed by atoms with Crippen molar-refractivity contribution < 1.29 is 33.4 Å². The van der Waals surface area contributed by atoms with Gasteiger partial charge in [-0.1, -0.05) is 0 Å². The Morgan fingerprint density at radius 3 is 2.37 bits per heavy atom. The largest absolute Gasteiger partial charge is 0.494 e. The molecule has 9 nitrogen and oxygen atoms in total. The van der Waals surface area contributed by atoms with Gasteiger partial charge in [-0.2, -0.15) is 0 Å². The quantitative estimate of drug-likeness (QED) is 0.320. The third-order valence-corrected chi connectivity index (χ3v) is 5.01. The van der Waals surface area contributed by atoms with E-state index in [1.807, 2.05) is 0 Å². The number of hydrogen-bond donors (Lipinski definition) is 2. The maximum atomic E-state index is 14.6. The number of aliphatic carboxylic acids is 1. The SMILES string of the molecule is CCOc1ccc(F)c(C(Nc2ccc3c(N(OC(C)(C)C)C(=O)OC(C)(C)C)nccc3c2)C(=O)O)c1. The molecule has 0 saturated heterocycles. The van der Waals surface area contributed by atoms with Crippen LogP contribution in [0.3, 0.4) is 0 Å². The number of halogens is 1. The molecule has 0 spiro atoms. The second kappa shape index (κ2) is 11.2. The summed E-state index contributed by atoms with van der Waals surface area (Å²) < 4.78 is 25.6. The highest BCUT2D eigenvalue weighted by molar-refractivity contribution is 6.00. The molecule has 0 saturated carbocycles. The molecule has 1 amide bonds. The summed E-state index contributed by atoms with van der Waals surface area (Å²) in [5.41, 5.74) is -1.15. The molecule has 2 N–H and O–H groups in total. The summed E-state index contributed by atoms with van der Waals surface area (Å²) in [7, 11) is 0. The van der Waals surface area contributed by atoms with Crippen molar-refractivity contribution >= 4 is 34.3 Å². The summed E-state index contributed by atoms with van der Waals surface area (Å²) in [5.74, 6) is -1.36. The molecule has 0 aliphatic heterocycles. The molecule has 3 aromatic rings. The van der Waals surface area contributed by atoms with Gasteiger partial charge in [-0.3, -0.25) is 4.84 Å². The van der Waals surface area contributed by atoms with Crippen molar-refractivity contribution in [2.45, 2.75) is 65.7 Å². The molecule has 0 aliphatic rings. The lowest BCUT2D eigenvalue weighted by atomic mass is 10.0. The summed E-state index contributed by atoms with van der Waals surface area (Å²) in [6.07, 6.45) is 0.773. The van der Waals surface area contributed by atoms with Gasteiger partial charge in [-0.15, -0.1) is 5.06 Å². The van der Waals surface area contributed by atoms with Crippen molar-refractivity contribution in [3.8, 4) is 5.75 Å². The second-order valence-electron chi connectivity index (χ2n) is 10.6. The minimum absolute atomic E-state index is 0.0614. The first-order valence-electron chi connectivity index (χ1n) is 12.2. The maximum Gasteiger partial charge on any atom is 0.440 e. The van der Waals surface area contributed by atoms with Crippen molar-refractivity contribution in [1.29, 1.82) is 0 Å². The summed E-state index contributed by atoms with van der Waals surface area (Å²) in [6.45, 7) is 12.8. The Morgan fingerprint density at radius 1 is 1.05 bits per heavy atom. The number of nitrogens with one attached hydrogen (secondary N) is 1. The standard InChI is InChI=1S/C28H34FN3O6/c1-8-36-19-10-12-22(29)21(16-19)23(25(33)34)31-18-9-11-20-17(15-18)13-14-30-24(20)32(38-28(5,6)7)26(35)37-27(2,3)4/h9-16,23,31H,8H2,1-7H3,(H,33,34). The number of aromatic nitrogens is 1. The molecular weight excluding hydrogens is 493 g/mol. The van der Waals surface area contributed by atoms with E-state index in [2.05, 4.69) is 10.3 Å². The van der Waals surface area contributed by atoms with E-state index < -0.39 is 35.1 Å². The van der Waals surface area contributed by atoms with Crippen LogP contribution in [-0.2, 0) is 14.4 Å². The van der Waals surface area contributed by atoms with E-state index in [-0.39, 0.29) is 11.4 Å². The van der Waals surface area contributed by atoms with Crippen LogP contribution in [0.5, 0.6) is 5.75 Å². The number of hydroxylamine groups is 1. The smallest absolute Gasteiger partial charge is 0.440 e. The number of benzene rings is 2. The van der Waals surface area contributed by atoms with Crippen molar-refractivity contribution in [2.24, 2.45) is 0 Å². The Balaban J connectivity index is 2.01. The van der Waals surface area contributed by atoms with Crippen molar-refractivity contribution in [3.05, 3.63) is 60.0 Å². The van der Waals surface area contributed by atoms with Crippen LogP contribution < -0.4 is 15.1 Å². The van der Waals surface area contributed by atoms with Gasteiger partial charge in [-0.25, -0.2) is 19.0 Å². The highest BCUT2D eigenvalue weighted by Gasteiger charge is 2.31. The number of carbonyl (C=O) groups excluding carboxylic acids is 1. The van der Waals surface area contributed by atoms with E-state index in [9.17, 15) is 19.1 Å². The number of amides is 1. The highest BCUT2D eigenvalue weighted by atomic mass is 19.1. The van der Waals surface area contributed by atoms with Crippen molar-refractivity contribution in [2.75, 3.05) is 17.0 Å². The van der Waals surface area contributed by atoms with Gasteiger partial charge in [-0.05, 0) is 96.3 Å². The third kappa shape index (κ3) is 7.32. The van der Waals surface area contributed by atoms with E-state index in [4.69, 9.17) is 14.3 Å². The molecule has 1 atom stereocenters. The Bertz CT molecular complexity index is 1320. The zero-order valence-corrected chi connectivity index (χ0v) is 22.7. The zero-order valence-electron chi connectivity index (χ0n) is 22.7. The molecule has 0 radical (unpaired) electrons. The number of nitrogens with zero attached hydrogens (tertiary/aromatic N) is 2. The van der Waals surface area contributed by atoms with Crippen LogP contribution in [0.4, 0.5) is 20.7 Å². The molecule has 204 valence electrons. The molecule has 3 rings (SSSR count). The van der Waals surface area contributed by atoms with Gasteiger partial charge < -0.3 is 19.9 Å². The van der Waals surface area contributed by atoms with Gasteiger partial charge in [0, 0.05) is 22.8 Å². The minimum Gasteiger partial charge on any atom is -0.494 e. The summed E-state index contributed by atoms with van der Waals surface area (Å²) in [6, 6.07) is 9.31. The first kappa shape index (κ1) is 28.6. The normalized spacial score (nSPS) is 12.6. The zero-order chi connectivity index (χ0) is 28.3. The number of fused-ring (bicyclic) bond motifs is 1. The fourth-order valence-corrected chi connectivity index (χ4v) is 3.60. The van der Waals surface area contributed by atoms with Gasteiger partial charge in [0.05, 0.1) is 12.2 Å². The molecule has 38 heavy (non-hydrogen) atoms. The molecule has 0 aliphatic carbocycles. The number of carbonyl (C=O) groups is 2. The number of carboxylic acid groups (broad SMARTS) is 1. The lowest BCUT2D eigenvalue weighted by molar-refractivity contribution is -0.138. The summed E-state index contributed by atoms with van der Waals surface area (Å²) in [5, 5.41) is 15.0. The van der Waals surface area contributed by atoms with Crippen LogP contribution in [0.25, 0.3) is 10.8 Å². The maximum absolute atomic E-state index is 14.6. The topological polar surface area (TPSA) is 110 Å². The van der Waals surface area contributed by atoms with E-state index in [0.29, 0.717) is 28.8 Å². The predicted octanol–water partition coefficient (Wildman–Crippen LogP) is 6.48. The minimum atomic E-state index is -1.38. The fourth-order valence-electron chi connectivity index (χ4n) is 3.60. The van der Waals surface area contributed by atoms with Crippen LogP contribution in [0.2, 0.25) is 0 Å². The second-order valence-corrected chi connectivity index (χ2v) is 10.6. The fraction of sp³-hybridized carbons (Fsp3) is 0.393. The highest BCUT2D eigenvalue weighted by Crippen LogP contribution is 2.32. The molecule has 1 unspecified atom stereocenters. The molecule has 0 bridgehead atoms. The first-order valence-corrected chi connectivity index (χ1v) is 12.2. The number of rotatable bonds is 8. The molecule has 2 aromatic carbocycles. The summed E-state index contributed by atoms with van der Waals surface area (Å²) >= 11 is 0. The summed E-state index contributed by atoms with van der Waals surface area (Å²) in [4.78, 5) is 35.4. The Kier molecular flexibility index (Phi) is 8.46. The van der Waals surface area contributed by atoms with Crippen molar-refractivity contribution in [1.82, 2.24) is 4.98 Å². The average Bonchev–Trinajstić information content (AvgIpc) is 2.80. The Morgan fingerprint density at radius 2 is 1.76 bits per heavy atom. The number of hydrogen-bond acceptors (Lipinski definition) is 7. The molecular formula is C28H34FN3O6. The molecule has 1 heterocycles. The van der Waals surface area contributed by atoms with Crippen LogP contribution in [0.15, 0.2) is 48.7 Å². The van der Waals surface area contributed by atoms with Gasteiger partial charge in [0.1, 0.15) is 17.2 Å². The van der Waals surface area contributed by atoms with Crippen LogP contribution in [0, 0.1) is 5.82 Å². The number of ether oxygens (including phenoxy) is 2. The molecule has 10 heteroatoms. The predicted molar refractivity (Wildman–Crippen MR) is 143 cm³/mol. The number of carboxylic acids is 1. The average molecular weight is 528 g/mol. The lowest BCUT2D eigenvalue weighted by Crippen LogP contribution is -2.42. The van der Waals surface area contributed by atoms with Crippen LogP contribution in [0.1, 0.15) is 60.1 Å². The van der Waals surface area contributed by atoms with Crippen LogP contribution in [-0.4, -0.2) is 40.0 Å². The Hall–Kier alpha value is -3.92. The van der Waals surface area contributed by atoms with Gasteiger partial charge in [0.2, 0.25) is 0 Å². The van der Waals surface area contributed by atoms with Gasteiger partial charge in [0.15, 0.2) is 11.9 Å². The monoisotopic (exact) mass is 527 g/mol. The van der Waals surface area contributed by atoms with Crippen LogP contribution >= 0.6 is 0 Å². The van der Waals surface area contributed by atoms with Gasteiger partial charge in [0.25, 0.3) is 0 Å². The number of pyridine rings is 1. The molecule has 1 aromatic heterocycles. The van der Waals surface area contributed by atoms with E-state index in [1.165, 1.54) is 24.4 Å². The Labute approximate surface area is 221 Å². The van der Waals surface area contributed by atoms with E-state index in [1.54, 1.807) is 72.7 Å². The van der Waals surface area contributed by atoms with Crippen molar-refractivity contribution in [3.63, 3.8) is 0 Å². The van der Waals surface area contributed by atoms with Gasteiger partial charge >= 0.3 is 12.1 Å². The molecule has 0 fully saturated rings. The van der Waals surface area contributed by atoms with E-state index >= 15 is 0 Å². The lowest BCUT2D eigenvalue weighted by Gasteiger charge is -2.31. The number of anilines is 2. The third-order valence-electron chi connectivity index (χ3n) is 5.01.